The monoisotopic (exact) mass is 417 g/mol. The van der Waals surface area contributed by atoms with Gasteiger partial charge in [0.2, 0.25) is 0 Å². The van der Waals surface area contributed by atoms with E-state index in [2.05, 4.69) is 15.8 Å². The van der Waals surface area contributed by atoms with Crippen LogP contribution in [0.4, 0.5) is 0 Å². The summed E-state index contributed by atoms with van der Waals surface area (Å²) in [4.78, 5) is 30.6. The molecule has 3 aromatic rings. The van der Waals surface area contributed by atoms with Crippen LogP contribution in [0.2, 0.25) is 5.02 Å². The summed E-state index contributed by atoms with van der Waals surface area (Å²) in [6, 6.07) is 14.8. The lowest BCUT2D eigenvalue weighted by atomic mass is 10.2. The van der Waals surface area contributed by atoms with Crippen LogP contribution in [0, 0.1) is 6.92 Å². The molecule has 5 nitrogen and oxygen atoms in total. The summed E-state index contributed by atoms with van der Waals surface area (Å²) < 4.78 is 0. The van der Waals surface area contributed by atoms with Crippen LogP contribution in [0.3, 0.4) is 0 Å². The van der Waals surface area contributed by atoms with Crippen molar-refractivity contribution in [2.75, 3.05) is 6.26 Å². The number of hydrogen-bond acceptors (Lipinski definition) is 5. The van der Waals surface area contributed by atoms with E-state index in [-0.39, 0.29) is 0 Å². The Bertz CT molecular complexity index is 990. The van der Waals surface area contributed by atoms with Gasteiger partial charge in [-0.15, -0.1) is 23.1 Å². The number of thioether (sulfide) groups is 1. The van der Waals surface area contributed by atoms with Gasteiger partial charge in [-0.25, -0.2) is 4.98 Å². The van der Waals surface area contributed by atoms with Gasteiger partial charge < -0.3 is 0 Å². The predicted molar refractivity (Wildman–Crippen MR) is 110 cm³/mol. The number of aryl methyl sites for hydroxylation is 1. The van der Waals surface area contributed by atoms with Gasteiger partial charge in [-0.2, -0.15) is 0 Å². The number of carbonyl (C=O) groups excluding carboxylic acids is 2. The van der Waals surface area contributed by atoms with E-state index < -0.39 is 11.8 Å². The third kappa shape index (κ3) is 4.50. The van der Waals surface area contributed by atoms with Gasteiger partial charge in [0.25, 0.3) is 11.8 Å². The summed E-state index contributed by atoms with van der Waals surface area (Å²) in [6.07, 6.45) is 1.91. The van der Waals surface area contributed by atoms with Crippen molar-refractivity contribution in [1.82, 2.24) is 15.8 Å². The van der Waals surface area contributed by atoms with Crippen molar-refractivity contribution in [3.8, 4) is 10.6 Å². The Hall–Kier alpha value is -2.35. The molecule has 2 amide bonds. The van der Waals surface area contributed by atoms with Crippen molar-refractivity contribution in [1.29, 1.82) is 0 Å². The van der Waals surface area contributed by atoms with E-state index in [9.17, 15) is 9.59 Å². The molecule has 0 aliphatic rings. The number of rotatable bonds is 4. The highest BCUT2D eigenvalue weighted by Crippen LogP contribution is 2.27. The molecule has 1 heterocycles. The molecule has 27 heavy (non-hydrogen) atoms. The maximum absolute atomic E-state index is 12.5. The first kappa shape index (κ1) is 19.4. The van der Waals surface area contributed by atoms with Gasteiger partial charge in [-0.05, 0) is 31.4 Å². The lowest BCUT2D eigenvalue weighted by Crippen LogP contribution is -2.41. The Morgan fingerprint density at radius 1 is 1.07 bits per heavy atom. The average molecular weight is 418 g/mol. The second-order valence-corrected chi connectivity index (χ2v) is 7.84. The fraction of sp³-hybridized carbons (Fsp3) is 0.105. The van der Waals surface area contributed by atoms with Gasteiger partial charge in [-0.1, -0.05) is 41.9 Å². The highest BCUT2D eigenvalue weighted by atomic mass is 35.5. The number of aromatic nitrogens is 1. The van der Waals surface area contributed by atoms with Crippen LogP contribution < -0.4 is 10.9 Å². The van der Waals surface area contributed by atoms with Gasteiger partial charge in [0, 0.05) is 10.5 Å². The molecule has 0 saturated heterocycles. The molecule has 2 aromatic carbocycles. The highest BCUT2D eigenvalue weighted by molar-refractivity contribution is 7.98. The minimum atomic E-state index is -0.477. The Kier molecular flexibility index (Phi) is 6.15. The first-order valence-corrected chi connectivity index (χ1v) is 10.4. The number of amides is 2. The fourth-order valence-corrected chi connectivity index (χ4v) is 3.96. The molecule has 0 aliphatic carbocycles. The number of nitrogens with zero attached hydrogens (tertiary/aromatic N) is 1. The van der Waals surface area contributed by atoms with Crippen molar-refractivity contribution in [2.24, 2.45) is 0 Å². The number of thiazole rings is 1. The number of halogens is 1. The number of benzene rings is 2. The third-order valence-electron chi connectivity index (χ3n) is 3.73. The molecule has 138 valence electrons. The summed E-state index contributed by atoms with van der Waals surface area (Å²) in [5.41, 5.74) is 6.69. The fourth-order valence-electron chi connectivity index (χ4n) is 2.35. The van der Waals surface area contributed by atoms with Gasteiger partial charge >= 0.3 is 0 Å². The van der Waals surface area contributed by atoms with Gasteiger partial charge in [0.1, 0.15) is 9.88 Å². The number of carbonyl (C=O) groups is 2. The molecule has 0 bridgehead atoms. The molecule has 0 unspecified atom stereocenters. The lowest BCUT2D eigenvalue weighted by molar-refractivity contribution is 0.0848. The maximum atomic E-state index is 12.5. The summed E-state index contributed by atoms with van der Waals surface area (Å²) in [7, 11) is 0. The average Bonchev–Trinajstić information content (AvgIpc) is 3.08. The largest absolute Gasteiger partial charge is 0.281 e. The molecule has 1 aromatic heterocycles. The van der Waals surface area contributed by atoms with E-state index in [0.29, 0.717) is 21.2 Å². The highest BCUT2D eigenvalue weighted by Gasteiger charge is 2.18. The normalized spacial score (nSPS) is 10.5. The van der Waals surface area contributed by atoms with Crippen molar-refractivity contribution in [3.63, 3.8) is 0 Å². The minimum Gasteiger partial charge on any atom is -0.267 e. The second kappa shape index (κ2) is 8.56. The summed E-state index contributed by atoms with van der Waals surface area (Å²) in [5, 5.41) is 1.07. The quantitative estimate of drug-likeness (QED) is 0.482. The minimum absolute atomic E-state index is 0.301. The van der Waals surface area contributed by atoms with E-state index in [4.69, 9.17) is 11.6 Å². The Morgan fingerprint density at radius 3 is 2.48 bits per heavy atom. The lowest BCUT2D eigenvalue weighted by Gasteiger charge is -2.09. The van der Waals surface area contributed by atoms with E-state index in [1.807, 2.05) is 42.7 Å². The van der Waals surface area contributed by atoms with Crippen molar-refractivity contribution < 1.29 is 9.59 Å². The van der Waals surface area contributed by atoms with Crippen molar-refractivity contribution >= 4 is 46.5 Å². The number of hydrazine groups is 1. The molecule has 0 aliphatic heterocycles. The number of hydrogen-bond donors (Lipinski definition) is 2. The van der Waals surface area contributed by atoms with Crippen LogP contribution in [0.1, 0.15) is 25.7 Å². The predicted octanol–water partition coefficient (Wildman–Crippen LogP) is 4.57. The van der Waals surface area contributed by atoms with Crippen LogP contribution in [-0.4, -0.2) is 23.1 Å². The summed E-state index contributed by atoms with van der Waals surface area (Å²) in [5.74, 6) is -0.896. The van der Waals surface area contributed by atoms with Gasteiger partial charge in [-0.3, -0.25) is 20.4 Å². The molecule has 3 rings (SSSR count). The summed E-state index contributed by atoms with van der Waals surface area (Å²) >= 11 is 8.86. The smallest absolute Gasteiger partial charge is 0.267 e. The van der Waals surface area contributed by atoms with E-state index in [1.165, 1.54) is 23.1 Å². The Morgan fingerprint density at radius 2 is 1.78 bits per heavy atom. The molecule has 8 heteroatoms. The van der Waals surface area contributed by atoms with Crippen molar-refractivity contribution in [2.45, 2.75) is 11.8 Å². The van der Waals surface area contributed by atoms with Crippen LogP contribution in [-0.2, 0) is 0 Å². The van der Waals surface area contributed by atoms with Crippen LogP contribution in [0.25, 0.3) is 10.6 Å². The second-order valence-electron chi connectivity index (χ2n) is 5.55. The first-order chi connectivity index (χ1) is 13.0. The molecule has 0 spiro atoms. The summed E-state index contributed by atoms with van der Waals surface area (Å²) in [6.45, 7) is 1.76. The molecule has 2 N–H and O–H groups in total. The first-order valence-electron chi connectivity index (χ1n) is 7.96. The Labute approximate surface area is 170 Å². The van der Waals surface area contributed by atoms with E-state index in [1.54, 1.807) is 19.1 Å². The molecular weight excluding hydrogens is 402 g/mol. The Balaban J connectivity index is 1.71. The van der Waals surface area contributed by atoms with Crippen molar-refractivity contribution in [3.05, 3.63) is 69.7 Å². The standard InChI is InChI=1S/C19H16ClN3O2S2/c1-11-16(27-19(21-11)12-6-4-3-5-7-12)18(25)23-22-17(24)14-10-13(26-2)8-9-15(14)20/h3-10H,1-2H3,(H,22,24)(H,23,25). The molecule has 0 radical (unpaired) electrons. The zero-order valence-electron chi connectivity index (χ0n) is 14.6. The number of nitrogens with one attached hydrogen (secondary N) is 2. The van der Waals surface area contributed by atoms with Gasteiger partial charge in [0.05, 0.1) is 16.3 Å². The van der Waals surface area contributed by atoms with Crippen LogP contribution in [0.5, 0.6) is 0 Å². The van der Waals surface area contributed by atoms with Crippen LogP contribution >= 0.6 is 34.7 Å². The molecule has 0 atom stereocenters. The molecule has 0 fully saturated rings. The van der Waals surface area contributed by atoms with Gasteiger partial charge in [0.15, 0.2) is 0 Å². The topological polar surface area (TPSA) is 71.1 Å². The van der Waals surface area contributed by atoms with Crippen LogP contribution in [0.15, 0.2) is 53.4 Å². The molecule has 0 saturated carbocycles. The van der Waals surface area contributed by atoms with E-state index in [0.717, 1.165) is 15.5 Å². The maximum Gasteiger partial charge on any atom is 0.281 e. The van der Waals surface area contributed by atoms with E-state index >= 15 is 0 Å². The third-order valence-corrected chi connectivity index (χ3v) is 5.99. The molecular formula is C19H16ClN3O2S2. The zero-order valence-corrected chi connectivity index (χ0v) is 17.0. The SMILES string of the molecule is CSc1ccc(Cl)c(C(=O)NNC(=O)c2sc(-c3ccccc3)nc2C)c1. The zero-order chi connectivity index (χ0) is 19.4.